The monoisotopic (exact) mass is 199 g/mol. The quantitative estimate of drug-likeness (QED) is 0.395. The van der Waals surface area contributed by atoms with E-state index in [9.17, 15) is 4.79 Å². The first-order chi connectivity index (χ1) is 6.66. The van der Waals surface area contributed by atoms with Gasteiger partial charge >= 0.3 is 13.1 Å². The molecule has 0 aromatic rings. The summed E-state index contributed by atoms with van der Waals surface area (Å²) >= 11 is 0. The third-order valence-corrected chi connectivity index (χ3v) is 2.09. The Kier molecular flexibility index (Phi) is 4.12. The highest BCUT2D eigenvalue weighted by Crippen LogP contribution is 2.14. The standard InChI is InChI=1S/C8H14BNO4/c1-2-14-8(11)6-5-10-4-3-7(6)9(12)13/h10,12-13H,2-5H2,1H3. The van der Waals surface area contributed by atoms with E-state index in [-0.39, 0.29) is 6.61 Å². The van der Waals surface area contributed by atoms with Gasteiger partial charge in [0.2, 0.25) is 0 Å². The van der Waals surface area contributed by atoms with Gasteiger partial charge < -0.3 is 20.1 Å². The lowest BCUT2D eigenvalue weighted by atomic mass is 9.73. The van der Waals surface area contributed by atoms with Crippen molar-refractivity contribution in [2.24, 2.45) is 0 Å². The molecular formula is C8H14BNO4. The van der Waals surface area contributed by atoms with E-state index < -0.39 is 13.1 Å². The van der Waals surface area contributed by atoms with Crippen LogP contribution in [-0.4, -0.2) is 42.8 Å². The van der Waals surface area contributed by atoms with Gasteiger partial charge in [-0.1, -0.05) is 0 Å². The van der Waals surface area contributed by atoms with Crippen LogP contribution in [0, 0.1) is 0 Å². The number of carbonyl (C=O) groups excluding carboxylic acids is 1. The summed E-state index contributed by atoms with van der Waals surface area (Å²) < 4.78 is 4.80. The van der Waals surface area contributed by atoms with Crippen molar-refractivity contribution in [1.82, 2.24) is 5.32 Å². The molecule has 1 aliphatic rings. The van der Waals surface area contributed by atoms with Crippen LogP contribution in [0.15, 0.2) is 11.0 Å². The topological polar surface area (TPSA) is 78.8 Å². The first kappa shape index (κ1) is 11.2. The maximum absolute atomic E-state index is 11.4. The van der Waals surface area contributed by atoms with Crippen LogP contribution in [0.4, 0.5) is 0 Å². The molecule has 0 aromatic carbocycles. The van der Waals surface area contributed by atoms with Crippen LogP contribution >= 0.6 is 0 Å². The van der Waals surface area contributed by atoms with Gasteiger partial charge in [0.05, 0.1) is 6.61 Å². The molecule has 0 radical (unpaired) electrons. The van der Waals surface area contributed by atoms with Crippen LogP contribution in [0.2, 0.25) is 0 Å². The maximum atomic E-state index is 11.4. The second-order valence-electron chi connectivity index (χ2n) is 3.02. The van der Waals surface area contributed by atoms with E-state index in [2.05, 4.69) is 5.32 Å². The minimum atomic E-state index is -1.56. The van der Waals surface area contributed by atoms with Gasteiger partial charge in [0.25, 0.3) is 0 Å². The van der Waals surface area contributed by atoms with Crippen molar-refractivity contribution in [3.63, 3.8) is 0 Å². The van der Waals surface area contributed by atoms with Gasteiger partial charge in [-0.15, -0.1) is 0 Å². The van der Waals surface area contributed by atoms with Gasteiger partial charge in [-0.3, -0.25) is 0 Å². The van der Waals surface area contributed by atoms with Crippen molar-refractivity contribution in [2.45, 2.75) is 13.3 Å². The second-order valence-corrected chi connectivity index (χ2v) is 3.02. The summed E-state index contributed by atoms with van der Waals surface area (Å²) in [6, 6.07) is 0. The lowest BCUT2D eigenvalue weighted by Crippen LogP contribution is -2.34. The summed E-state index contributed by atoms with van der Waals surface area (Å²) in [5.74, 6) is -0.470. The van der Waals surface area contributed by atoms with Gasteiger partial charge in [0.15, 0.2) is 0 Å². The van der Waals surface area contributed by atoms with Crippen LogP contribution in [0.25, 0.3) is 0 Å². The number of nitrogens with one attached hydrogen (secondary N) is 1. The number of carbonyl (C=O) groups is 1. The van der Waals surface area contributed by atoms with Gasteiger partial charge in [-0.05, 0) is 25.4 Å². The SMILES string of the molecule is CCOC(=O)C1=C(B(O)O)CCNC1. The summed E-state index contributed by atoms with van der Waals surface area (Å²) in [6.07, 6.45) is 0.464. The third-order valence-electron chi connectivity index (χ3n) is 2.09. The molecule has 1 aliphatic heterocycles. The van der Waals surface area contributed by atoms with Crippen LogP contribution in [-0.2, 0) is 9.53 Å². The minimum absolute atomic E-state index is 0.289. The highest BCUT2D eigenvalue weighted by atomic mass is 16.5. The van der Waals surface area contributed by atoms with Gasteiger partial charge in [-0.25, -0.2) is 4.79 Å². The zero-order chi connectivity index (χ0) is 10.6. The molecular weight excluding hydrogens is 185 g/mol. The molecule has 0 aliphatic carbocycles. The smallest absolute Gasteiger partial charge is 0.463 e. The van der Waals surface area contributed by atoms with Crippen LogP contribution in [0.1, 0.15) is 13.3 Å². The fourth-order valence-electron chi connectivity index (χ4n) is 1.41. The lowest BCUT2D eigenvalue weighted by Gasteiger charge is -2.19. The first-order valence-electron chi connectivity index (χ1n) is 4.62. The molecule has 0 atom stereocenters. The fraction of sp³-hybridized carbons (Fsp3) is 0.625. The highest BCUT2D eigenvalue weighted by molar-refractivity contribution is 6.51. The maximum Gasteiger partial charge on any atom is 0.484 e. The molecule has 6 heteroatoms. The molecule has 3 N–H and O–H groups in total. The molecule has 0 aromatic heterocycles. The number of hydrogen-bond acceptors (Lipinski definition) is 5. The Balaban J connectivity index is 2.82. The lowest BCUT2D eigenvalue weighted by molar-refractivity contribution is -0.138. The van der Waals surface area contributed by atoms with Crippen molar-refractivity contribution in [1.29, 1.82) is 0 Å². The Morgan fingerprint density at radius 1 is 1.64 bits per heavy atom. The number of esters is 1. The zero-order valence-corrected chi connectivity index (χ0v) is 8.12. The normalized spacial score (nSPS) is 16.8. The van der Waals surface area contributed by atoms with Crippen LogP contribution in [0.3, 0.4) is 0 Å². The van der Waals surface area contributed by atoms with Gasteiger partial charge in [0.1, 0.15) is 0 Å². The molecule has 0 amide bonds. The summed E-state index contributed by atoms with van der Waals surface area (Å²) in [5, 5.41) is 21.0. The van der Waals surface area contributed by atoms with Crippen LogP contribution in [0.5, 0.6) is 0 Å². The fourth-order valence-corrected chi connectivity index (χ4v) is 1.41. The average Bonchev–Trinajstić information content (AvgIpc) is 2.18. The largest absolute Gasteiger partial charge is 0.484 e. The van der Waals surface area contributed by atoms with Gasteiger partial charge in [-0.2, -0.15) is 0 Å². The summed E-state index contributed by atoms with van der Waals surface area (Å²) in [6.45, 7) is 2.99. The van der Waals surface area contributed by atoms with Crippen molar-refractivity contribution in [3.05, 3.63) is 11.0 Å². The van der Waals surface area contributed by atoms with E-state index in [1.165, 1.54) is 0 Å². The molecule has 14 heavy (non-hydrogen) atoms. The molecule has 0 saturated heterocycles. The number of rotatable bonds is 3. The summed E-state index contributed by atoms with van der Waals surface area (Å²) in [5.41, 5.74) is 0.704. The molecule has 78 valence electrons. The molecule has 0 spiro atoms. The Hall–Kier alpha value is -0.845. The predicted octanol–water partition coefficient (Wildman–Crippen LogP) is -1.15. The summed E-state index contributed by atoms with van der Waals surface area (Å²) in [7, 11) is -1.56. The van der Waals surface area contributed by atoms with E-state index >= 15 is 0 Å². The van der Waals surface area contributed by atoms with Crippen molar-refractivity contribution < 1.29 is 19.6 Å². The van der Waals surface area contributed by atoms with E-state index in [0.29, 0.717) is 30.6 Å². The number of hydrogen-bond donors (Lipinski definition) is 3. The van der Waals surface area contributed by atoms with E-state index in [0.717, 1.165) is 0 Å². The molecule has 0 unspecified atom stereocenters. The van der Waals surface area contributed by atoms with Gasteiger partial charge in [0, 0.05) is 12.1 Å². The van der Waals surface area contributed by atoms with E-state index in [1.807, 2.05) is 0 Å². The highest BCUT2D eigenvalue weighted by Gasteiger charge is 2.26. The summed E-state index contributed by atoms with van der Waals surface area (Å²) in [4.78, 5) is 11.4. The third kappa shape index (κ3) is 2.57. The molecule has 0 fully saturated rings. The molecule has 1 heterocycles. The average molecular weight is 199 g/mol. The van der Waals surface area contributed by atoms with Crippen LogP contribution < -0.4 is 5.32 Å². The zero-order valence-electron chi connectivity index (χ0n) is 8.12. The van der Waals surface area contributed by atoms with E-state index in [1.54, 1.807) is 6.92 Å². The Morgan fingerprint density at radius 2 is 2.36 bits per heavy atom. The second kappa shape index (κ2) is 5.14. The van der Waals surface area contributed by atoms with Crippen molar-refractivity contribution >= 4 is 13.1 Å². The Morgan fingerprint density at radius 3 is 2.93 bits per heavy atom. The van der Waals surface area contributed by atoms with Crippen molar-refractivity contribution in [3.8, 4) is 0 Å². The van der Waals surface area contributed by atoms with Crippen molar-refractivity contribution in [2.75, 3.05) is 19.7 Å². The first-order valence-corrected chi connectivity index (χ1v) is 4.62. The molecule has 0 bridgehead atoms. The Bertz CT molecular complexity index is 252. The van der Waals surface area contributed by atoms with E-state index in [4.69, 9.17) is 14.8 Å². The molecule has 0 saturated carbocycles. The predicted molar refractivity (Wildman–Crippen MR) is 51.3 cm³/mol. The Labute approximate surface area is 82.9 Å². The molecule has 1 rings (SSSR count). The number of ether oxygens (including phenoxy) is 1. The molecule has 5 nitrogen and oxygen atoms in total. The minimum Gasteiger partial charge on any atom is -0.463 e.